The van der Waals surface area contributed by atoms with Crippen molar-refractivity contribution in [3.8, 4) is 0 Å². The monoisotopic (exact) mass is 382 g/mol. The summed E-state index contributed by atoms with van der Waals surface area (Å²) in [6, 6.07) is 10.2. The minimum absolute atomic E-state index is 0.0293. The van der Waals surface area contributed by atoms with Gasteiger partial charge in [0.25, 0.3) is 0 Å². The number of amides is 3. The van der Waals surface area contributed by atoms with Gasteiger partial charge in [-0.1, -0.05) is 18.2 Å². The Morgan fingerprint density at radius 2 is 2.00 bits per heavy atom. The SMILES string of the molecule is CC(=O)Nc1ccc(CN2C(=O)OC[C@H]2C(=O)NCCc2cccnc2)cc1. The van der Waals surface area contributed by atoms with Crippen LogP contribution in [0.3, 0.4) is 0 Å². The highest BCUT2D eigenvalue weighted by molar-refractivity contribution is 5.89. The number of carbonyl (C=O) groups is 3. The summed E-state index contributed by atoms with van der Waals surface area (Å²) in [5, 5.41) is 5.54. The Bertz CT molecular complexity index is 839. The first kappa shape index (κ1) is 19.3. The van der Waals surface area contributed by atoms with Gasteiger partial charge in [-0.15, -0.1) is 0 Å². The average molecular weight is 382 g/mol. The lowest BCUT2D eigenvalue weighted by Gasteiger charge is -2.21. The van der Waals surface area contributed by atoms with Crippen LogP contribution < -0.4 is 10.6 Å². The van der Waals surface area contributed by atoms with Crippen molar-refractivity contribution in [2.24, 2.45) is 0 Å². The molecule has 1 atom stereocenters. The van der Waals surface area contributed by atoms with E-state index in [1.165, 1.54) is 11.8 Å². The van der Waals surface area contributed by atoms with Crippen molar-refractivity contribution in [3.63, 3.8) is 0 Å². The van der Waals surface area contributed by atoms with Gasteiger partial charge in [-0.3, -0.25) is 19.5 Å². The van der Waals surface area contributed by atoms with Crippen LogP contribution in [-0.2, 0) is 27.3 Å². The molecule has 8 heteroatoms. The lowest BCUT2D eigenvalue weighted by Crippen LogP contribution is -2.45. The fourth-order valence-electron chi connectivity index (χ4n) is 2.93. The molecule has 0 saturated carbocycles. The summed E-state index contributed by atoms with van der Waals surface area (Å²) in [6.07, 6.45) is 3.60. The highest BCUT2D eigenvalue weighted by atomic mass is 16.6. The van der Waals surface area contributed by atoms with Crippen molar-refractivity contribution < 1.29 is 19.1 Å². The largest absolute Gasteiger partial charge is 0.447 e. The number of rotatable bonds is 7. The molecule has 28 heavy (non-hydrogen) atoms. The smallest absolute Gasteiger partial charge is 0.410 e. The number of carbonyl (C=O) groups excluding carboxylic acids is 3. The highest BCUT2D eigenvalue weighted by Gasteiger charge is 2.37. The number of hydrogen-bond donors (Lipinski definition) is 2. The molecule has 1 aromatic carbocycles. The Labute approximate surface area is 162 Å². The van der Waals surface area contributed by atoms with E-state index in [0.717, 1.165) is 11.1 Å². The predicted molar refractivity (Wildman–Crippen MR) is 102 cm³/mol. The zero-order chi connectivity index (χ0) is 19.9. The molecule has 0 aliphatic carbocycles. The van der Waals surface area contributed by atoms with Crippen LogP contribution in [0.5, 0.6) is 0 Å². The molecule has 1 fully saturated rings. The third kappa shape index (κ3) is 5.06. The van der Waals surface area contributed by atoms with Crippen LogP contribution in [-0.4, -0.2) is 47.0 Å². The molecule has 1 saturated heterocycles. The van der Waals surface area contributed by atoms with Gasteiger partial charge < -0.3 is 15.4 Å². The fraction of sp³-hybridized carbons (Fsp3) is 0.300. The maximum Gasteiger partial charge on any atom is 0.410 e. The fourth-order valence-corrected chi connectivity index (χ4v) is 2.93. The lowest BCUT2D eigenvalue weighted by atomic mass is 10.1. The number of nitrogens with one attached hydrogen (secondary N) is 2. The quantitative estimate of drug-likeness (QED) is 0.759. The van der Waals surface area contributed by atoms with Crippen LogP contribution >= 0.6 is 0 Å². The number of anilines is 1. The Balaban J connectivity index is 1.56. The maximum atomic E-state index is 12.5. The number of aromatic nitrogens is 1. The summed E-state index contributed by atoms with van der Waals surface area (Å²) in [7, 11) is 0. The molecule has 1 aromatic heterocycles. The van der Waals surface area contributed by atoms with Crippen LogP contribution in [0.2, 0.25) is 0 Å². The van der Waals surface area contributed by atoms with Crippen LogP contribution in [0, 0.1) is 0 Å². The number of benzene rings is 1. The molecule has 0 unspecified atom stereocenters. The van der Waals surface area contributed by atoms with Crippen LogP contribution in [0.15, 0.2) is 48.8 Å². The van der Waals surface area contributed by atoms with E-state index >= 15 is 0 Å². The van der Waals surface area contributed by atoms with Gasteiger partial charge in [0.1, 0.15) is 12.6 Å². The van der Waals surface area contributed by atoms with Gasteiger partial charge in [0.2, 0.25) is 11.8 Å². The van der Waals surface area contributed by atoms with E-state index in [0.29, 0.717) is 18.7 Å². The Morgan fingerprint density at radius 3 is 2.68 bits per heavy atom. The first-order chi connectivity index (χ1) is 13.5. The maximum absolute atomic E-state index is 12.5. The first-order valence-electron chi connectivity index (χ1n) is 8.99. The van der Waals surface area contributed by atoms with Crippen LogP contribution in [0.4, 0.5) is 10.5 Å². The zero-order valence-electron chi connectivity index (χ0n) is 15.6. The number of cyclic esters (lactones) is 1. The minimum Gasteiger partial charge on any atom is -0.447 e. The van der Waals surface area contributed by atoms with Gasteiger partial charge in [0.05, 0.1) is 6.54 Å². The zero-order valence-corrected chi connectivity index (χ0v) is 15.6. The van der Waals surface area contributed by atoms with Gasteiger partial charge in [-0.25, -0.2) is 4.79 Å². The van der Waals surface area contributed by atoms with Gasteiger partial charge in [0, 0.05) is 31.5 Å². The summed E-state index contributed by atoms with van der Waals surface area (Å²) in [6.45, 7) is 2.17. The molecule has 2 aromatic rings. The molecule has 0 bridgehead atoms. The molecule has 146 valence electrons. The second-order valence-electron chi connectivity index (χ2n) is 6.50. The molecule has 2 heterocycles. The molecule has 1 aliphatic rings. The van der Waals surface area contributed by atoms with Crippen LogP contribution in [0.25, 0.3) is 0 Å². The molecule has 8 nitrogen and oxygen atoms in total. The third-order valence-electron chi connectivity index (χ3n) is 4.34. The lowest BCUT2D eigenvalue weighted by molar-refractivity contribution is -0.125. The topological polar surface area (TPSA) is 101 Å². The van der Waals surface area contributed by atoms with E-state index in [-0.39, 0.29) is 25.0 Å². The molecule has 3 amide bonds. The van der Waals surface area contributed by atoms with Gasteiger partial charge in [-0.05, 0) is 35.7 Å². The summed E-state index contributed by atoms with van der Waals surface area (Å²) < 4.78 is 5.07. The summed E-state index contributed by atoms with van der Waals surface area (Å²) in [4.78, 5) is 41.1. The molecule has 3 rings (SSSR count). The van der Waals surface area contributed by atoms with E-state index in [9.17, 15) is 14.4 Å². The Kier molecular flexibility index (Phi) is 6.21. The molecule has 0 spiro atoms. The number of hydrogen-bond acceptors (Lipinski definition) is 5. The van der Waals surface area contributed by atoms with Crippen molar-refractivity contribution in [1.29, 1.82) is 0 Å². The third-order valence-corrected chi connectivity index (χ3v) is 4.34. The normalized spacial score (nSPS) is 15.8. The van der Waals surface area contributed by atoms with Crippen molar-refractivity contribution in [1.82, 2.24) is 15.2 Å². The van der Waals surface area contributed by atoms with Crippen molar-refractivity contribution >= 4 is 23.6 Å². The van der Waals surface area contributed by atoms with Crippen molar-refractivity contribution in [2.75, 3.05) is 18.5 Å². The summed E-state index contributed by atoms with van der Waals surface area (Å²) in [5.41, 5.74) is 2.53. The number of nitrogens with zero attached hydrogens (tertiary/aromatic N) is 2. The van der Waals surface area contributed by atoms with Gasteiger partial charge >= 0.3 is 6.09 Å². The van der Waals surface area contributed by atoms with E-state index in [2.05, 4.69) is 15.6 Å². The molecular formula is C20H22N4O4. The molecule has 2 N–H and O–H groups in total. The second kappa shape index (κ2) is 8.98. The summed E-state index contributed by atoms with van der Waals surface area (Å²) in [5.74, 6) is -0.400. The average Bonchev–Trinajstić information content (AvgIpc) is 3.04. The van der Waals surface area contributed by atoms with E-state index < -0.39 is 12.1 Å². The van der Waals surface area contributed by atoms with Crippen molar-refractivity contribution in [3.05, 3.63) is 59.9 Å². The van der Waals surface area contributed by atoms with E-state index in [4.69, 9.17) is 4.74 Å². The molecular weight excluding hydrogens is 360 g/mol. The highest BCUT2D eigenvalue weighted by Crippen LogP contribution is 2.18. The van der Waals surface area contributed by atoms with Crippen molar-refractivity contribution in [2.45, 2.75) is 25.9 Å². The van der Waals surface area contributed by atoms with Crippen LogP contribution in [0.1, 0.15) is 18.1 Å². The van der Waals surface area contributed by atoms with Gasteiger partial charge in [-0.2, -0.15) is 0 Å². The number of ether oxygens (including phenoxy) is 1. The Morgan fingerprint density at radius 1 is 1.21 bits per heavy atom. The summed E-state index contributed by atoms with van der Waals surface area (Å²) >= 11 is 0. The Hall–Kier alpha value is -3.42. The predicted octanol–water partition coefficient (Wildman–Crippen LogP) is 1.72. The van der Waals surface area contributed by atoms with E-state index in [1.807, 2.05) is 12.1 Å². The van der Waals surface area contributed by atoms with Gasteiger partial charge in [0.15, 0.2) is 0 Å². The molecule has 1 aliphatic heterocycles. The standard InChI is InChI=1S/C20H22N4O4/c1-14(25)23-17-6-4-16(5-7-17)12-24-18(13-28-20(24)27)19(26)22-10-8-15-3-2-9-21-11-15/h2-7,9,11,18H,8,10,12-13H2,1H3,(H,22,26)(H,23,25)/t18-/m0/s1. The molecule has 0 radical (unpaired) electrons. The van der Waals surface area contributed by atoms with E-state index in [1.54, 1.807) is 36.7 Å². The first-order valence-corrected chi connectivity index (χ1v) is 8.99. The minimum atomic E-state index is -0.670. The number of pyridine rings is 1. The second-order valence-corrected chi connectivity index (χ2v) is 6.50.